The molecule has 0 saturated heterocycles. The van der Waals surface area contributed by atoms with E-state index in [9.17, 15) is 4.79 Å². The SMILES string of the molecule is COc1ccc2c(CCN=C(NC(=O)C=Cc3ccccc3C)Nc3nc(C)cc(C)n3)c[nH]c2c1. The zero-order valence-electron chi connectivity index (χ0n) is 20.9. The van der Waals surface area contributed by atoms with Gasteiger partial charge in [-0.1, -0.05) is 24.3 Å². The number of H-pyrrole nitrogens is 1. The molecular weight excluding hydrogens is 452 g/mol. The lowest BCUT2D eigenvalue weighted by molar-refractivity contribution is -0.115. The van der Waals surface area contributed by atoms with E-state index in [0.29, 0.717) is 24.9 Å². The summed E-state index contributed by atoms with van der Waals surface area (Å²) in [6.07, 6.45) is 5.94. The first kappa shape index (κ1) is 24.7. The van der Waals surface area contributed by atoms with E-state index < -0.39 is 0 Å². The quantitative estimate of drug-likeness (QED) is 0.201. The Kier molecular flexibility index (Phi) is 7.75. The molecule has 3 N–H and O–H groups in total. The van der Waals surface area contributed by atoms with E-state index >= 15 is 0 Å². The number of aromatic amines is 1. The Morgan fingerprint density at radius 2 is 1.86 bits per heavy atom. The van der Waals surface area contributed by atoms with Crippen LogP contribution in [0.2, 0.25) is 0 Å². The molecule has 0 fully saturated rings. The van der Waals surface area contributed by atoms with Crippen molar-refractivity contribution in [3.63, 3.8) is 0 Å². The van der Waals surface area contributed by atoms with Crippen molar-refractivity contribution in [2.24, 2.45) is 4.99 Å². The van der Waals surface area contributed by atoms with Crippen molar-refractivity contribution >= 4 is 34.8 Å². The van der Waals surface area contributed by atoms with Gasteiger partial charge in [0.2, 0.25) is 11.9 Å². The number of guanidine groups is 1. The van der Waals surface area contributed by atoms with Crippen molar-refractivity contribution in [3.8, 4) is 5.75 Å². The van der Waals surface area contributed by atoms with Crippen LogP contribution in [0.25, 0.3) is 17.0 Å². The first-order valence-corrected chi connectivity index (χ1v) is 11.7. The number of hydrogen-bond donors (Lipinski definition) is 3. The summed E-state index contributed by atoms with van der Waals surface area (Å²) in [6.45, 7) is 6.25. The van der Waals surface area contributed by atoms with Gasteiger partial charge in [-0.2, -0.15) is 0 Å². The molecule has 36 heavy (non-hydrogen) atoms. The Hall–Kier alpha value is -4.46. The number of nitrogens with zero attached hydrogens (tertiary/aromatic N) is 3. The average molecular weight is 483 g/mol. The number of ether oxygens (including phenoxy) is 1. The number of fused-ring (bicyclic) bond motifs is 1. The second kappa shape index (κ2) is 11.3. The Labute approximate surface area is 210 Å². The molecule has 0 bridgehead atoms. The summed E-state index contributed by atoms with van der Waals surface area (Å²) in [4.78, 5) is 29.4. The summed E-state index contributed by atoms with van der Waals surface area (Å²) in [5.74, 6) is 1.18. The molecule has 0 aliphatic carbocycles. The van der Waals surface area contributed by atoms with Gasteiger partial charge in [0.05, 0.1) is 7.11 Å². The highest BCUT2D eigenvalue weighted by atomic mass is 16.5. The summed E-state index contributed by atoms with van der Waals surface area (Å²) in [6, 6.07) is 15.7. The molecule has 2 heterocycles. The van der Waals surface area contributed by atoms with E-state index in [4.69, 9.17) is 4.74 Å². The Morgan fingerprint density at radius 3 is 2.61 bits per heavy atom. The van der Waals surface area contributed by atoms with Crippen LogP contribution in [-0.2, 0) is 11.2 Å². The molecule has 4 aromatic rings. The summed E-state index contributed by atoms with van der Waals surface area (Å²) < 4.78 is 5.30. The number of carbonyl (C=O) groups excluding carboxylic acids is 1. The fourth-order valence-electron chi connectivity index (χ4n) is 3.88. The highest BCUT2D eigenvalue weighted by Gasteiger charge is 2.09. The number of aryl methyl sites for hydroxylation is 3. The topological polar surface area (TPSA) is 104 Å². The molecule has 0 atom stereocenters. The molecule has 0 unspecified atom stereocenters. The van der Waals surface area contributed by atoms with E-state index in [2.05, 4.69) is 30.6 Å². The van der Waals surface area contributed by atoms with Crippen molar-refractivity contribution in [3.05, 3.63) is 88.9 Å². The number of carbonyl (C=O) groups is 1. The number of methoxy groups -OCH3 is 1. The van der Waals surface area contributed by atoms with Gasteiger partial charge in [0, 0.05) is 47.2 Å². The third-order valence-electron chi connectivity index (χ3n) is 5.68. The van der Waals surface area contributed by atoms with E-state index in [0.717, 1.165) is 44.7 Å². The van der Waals surface area contributed by atoms with Crippen LogP contribution in [0.4, 0.5) is 5.95 Å². The minimum absolute atomic E-state index is 0.293. The predicted molar refractivity (Wildman–Crippen MR) is 144 cm³/mol. The van der Waals surface area contributed by atoms with E-state index in [1.807, 2.05) is 75.5 Å². The number of nitrogens with one attached hydrogen (secondary N) is 3. The minimum Gasteiger partial charge on any atom is -0.497 e. The smallest absolute Gasteiger partial charge is 0.250 e. The van der Waals surface area contributed by atoms with Crippen molar-refractivity contribution < 1.29 is 9.53 Å². The van der Waals surface area contributed by atoms with Crippen LogP contribution in [0.5, 0.6) is 5.75 Å². The molecule has 1 amide bonds. The maximum Gasteiger partial charge on any atom is 0.250 e. The molecule has 0 saturated carbocycles. The molecule has 0 aliphatic heterocycles. The Morgan fingerprint density at radius 1 is 1.08 bits per heavy atom. The van der Waals surface area contributed by atoms with Crippen LogP contribution < -0.4 is 15.4 Å². The lowest BCUT2D eigenvalue weighted by Crippen LogP contribution is -2.35. The third-order valence-corrected chi connectivity index (χ3v) is 5.68. The molecule has 4 rings (SSSR count). The number of aliphatic imine (C=N–C) groups is 1. The Bertz CT molecular complexity index is 1420. The molecule has 2 aromatic heterocycles. The monoisotopic (exact) mass is 482 g/mol. The number of hydrogen-bond acceptors (Lipinski definition) is 5. The standard InChI is InChI=1S/C28H30N6O2/c1-18-7-5-6-8-21(18)9-12-26(35)33-27(34-28-31-19(2)15-20(3)32-28)29-14-13-22-17-30-25-16-23(36-4)10-11-24(22)25/h5-12,15-17,30H,13-14H2,1-4H3,(H2,29,31,32,33,34,35). The number of amides is 1. The number of rotatable bonds is 7. The van der Waals surface area contributed by atoms with Gasteiger partial charge < -0.3 is 9.72 Å². The van der Waals surface area contributed by atoms with Crippen molar-refractivity contribution in [2.45, 2.75) is 27.2 Å². The maximum absolute atomic E-state index is 12.7. The fraction of sp³-hybridized carbons (Fsp3) is 0.214. The van der Waals surface area contributed by atoms with Crippen LogP contribution in [0, 0.1) is 20.8 Å². The first-order chi connectivity index (χ1) is 17.4. The van der Waals surface area contributed by atoms with Crippen LogP contribution in [0.15, 0.2) is 65.8 Å². The fourth-order valence-corrected chi connectivity index (χ4v) is 3.88. The zero-order chi connectivity index (χ0) is 25.5. The summed E-state index contributed by atoms with van der Waals surface area (Å²) >= 11 is 0. The van der Waals surface area contributed by atoms with Crippen LogP contribution in [0.3, 0.4) is 0 Å². The first-order valence-electron chi connectivity index (χ1n) is 11.7. The van der Waals surface area contributed by atoms with Crippen molar-refractivity contribution in [2.75, 3.05) is 19.0 Å². The Balaban J connectivity index is 1.51. The largest absolute Gasteiger partial charge is 0.497 e. The molecule has 2 aromatic carbocycles. The molecule has 8 nitrogen and oxygen atoms in total. The van der Waals surface area contributed by atoms with Gasteiger partial charge in [-0.3, -0.25) is 20.4 Å². The van der Waals surface area contributed by atoms with Crippen LogP contribution >= 0.6 is 0 Å². The lowest BCUT2D eigenvalue weighted by Gasteiger charge is -2.10. The lowest BCUT2D eigenvalue weighted by atomic mass is 10.1. The summed E-state index contributed by atoms with van der Waals surface area (Å²) in [5.41, 5.74) is 5.85. The maximum atomic E-state index is 12.7. The van der Waals surface area contributed by atoms with E-state index in [-0.39, 0.29) is 5.91 Å². The number of benzene rings is 2. The van der Waals surface area contributed by atoms with Gasteiger partial charge in [-0.15, -0.1) is 0 Å². The number of anilines is 1. The van der Waals surface area contributed by atoms with Gasteiger partial charge in [0.15, 0.2) is 0 Å². The highest BCUT2D eigenvalue weighted by molar-refractivity contribution is 6.08. The normalized spacial score (nSPS) is 11.7. The van der Waals surface area contributed by atoms with Crippen LogP contribution in [0.1, 0.15) is 28.1 Å². The molecule has 8 heteroatoms. The van der Waals surface area contributed by atoms with Gasteiger partial charge in [0.1, 0.15) is 5.75 Å². The molecule has 0 aliphatic rings. The van der Waals surface area contributed by atoms with E-state index in [1.54, 1.807) is 13.2 Å². The van der Waals surface area contributed by atoms with Gasteiger partial charge in [-0.05, 0) is 68.2 Å². The van der Waals surface area contributed by atoms with Crippen molar-refractivity contribution in [1.29, 1.82) is 0 Å². The van der Waals surface area contributed by atoms with Crippen LogP contribution in [-0.4, -0.2) is 40.5 Å². The summed E-state index contributed by atoms with van der Waals surface area (Å²) in [5, 5.41) is 7.02. The van der Waals surface area contributed by atoms with E-state index in [1.165, 1.54) is 6.08 Å². The molecule has 0 radical (unpaired) electrons. The molecule has 0 spiro atoms. The number of aromatic nitrogens is 3. The second-order valence-electron chi connectivity index (χ2n) is 8.48. The summed E-state index contributed by atoms with van der Waals surface area (Å²) in [7, 11) is 1.65. The van der Waals surface area contributed by atoms with Crippen molar-refractivity contribution in [1.82, 2.24) is 20.3 Å². The highest BCUT2D eigenvalue weighted by Crippen LogP contribution is 2.23. The van der Waals surface area contributed by atoms with Gasteiger partial charge in [-0.25, -0.2) is 9.97 Å². The zero-order valence-corrected chi connectivity index (χ0v) is 20.9. The average Bonchev–Trinajstić information content (AvgIpc) is 3.25. The predicted octanol–water partition coefficient (Wildman–Crippen LogP) is 4.73. The second-order valence-corrected chi connectivity index (χ2v) is 8.48. The minimum atomic E-state index is -0.298. The van der Waals surface area contributed by atoms with Gasteiger partial charge in [0.25, 0.3) is 5.91 Å². The molecule has 184 valence electrons. The molecular formula is C28H30N6O2. The van der Waals surface area contributed by atoms with Gasteiger partial charge >= 0.3 is 0 Å². The third kappa shape index (κ3) is 6.35.